The molecule has 0 aromatic rings. The lowest BCUT2D eigenvalue weighted by Crippen LogP contribution is -2.65. The van der Waals surface area contributed by atoms with Gasteiger partial charge in [0.05, 0.1) is 5.41 Å². The number of carbonyl (C=O) groups is 5. The zero-order chi connectivity index (χ0) is 31.9. The fourth-order valence-electron chi connectivity index (χ4n) is 7.58. The fourth-order valence-corrected chi connectivity index (χ4v) is 7.58. The van der Waals surface area contributed by atoms with Gasteiger partial charge in [-0.1, -0.05) is 12.5 Å². The number of carbonyl (C=O) groups excluding carboxylic acids is 5. The summed E-state index contributed by atoms with van der Waals surface area (Å²) >= 11 is 0. The van der Waals surface area contributed by atoms with Crippen LogP contribution in [0.4, 0.5) is 0 Å². The summed E-state index contributed by atoms with van der Waals surface area (Å²) in [5, 5.41) is 11.5. The van der Waals surface area contributed by atoms with Crippen molar-refractivity contribution >= 4 is 29.8 Å². The summed E-state index contributed by atoms with van der Waals surface area (Å²) in [7, 11) is 0. The van der Waals surface area contributed by atoms with E-state index in [0.29, 0.717) is 12.0 Å². The van der Waals surface area contributed by atoms with Gasteiger partial charge in [0.2, 0.25) is 0 Å². The average Bonchev–Trinajstić information content (AvgIpc) is 3.73. The Morgan fingerprint density at radius 1 is 1.00 bits per heavy atom. The number of aliphatic hydroxyl groups is 1. The summed E-state index contributed by atoms with van der Waals surface area (Å²) in [6.45, 7) is 11.8. The van der Waals surface area contributed by atoms with Gasteiger partial charge >= 0.3 is 29.8 Å². The number of hydrogen-bond donors (Lipinski definition) is 1. The molecule has 3 fully saturated rings. The highest BCUT2D eigenvalue weighted by Gasteiger charge is 2.90. The molecule has 0 saturated carbocycles. The van der Waals surface area contributed by atoms with Crippen LogP contribution in [-0.4, -0.2) is 82.3 Å². The summed E-state index contributed by atoms with van der Waals surface area (Å²) in [5.41, 5.74) is -5.57. The van der Waals surface area contributed by atoms with Crippen molar-refractivity contribution < 1.29 is 62.2 Å². The van der Waals surface area contributed by atoms with Crippen LogP contribution in [0.1, 0.15) is 74.7 Å². The SMILES string of the molecule is CCCC(=O)O[C@@H]1C/C(C)=C\[C@@H]2OC(=O)[C@]3(C)O[C@]23C(OC(C)=O)[C@H]2C3(C)OC3C(O)=C(OC(C)=O)[C@]2(C)[C@H]1OC(C)=O. The van der Waals surface area contributed by atoms with Crippen molar-refractivity contribution in [1.82, 2.24) is 0 Å². The van der Waals surface area contributed by atoms with Crippen LogP contribution in [0.25, 0.3) is 0 Å². The predicted octanol–water partition coefficient (Wildman–Crippen LogP) is 2.49. The molecule has 3 heterocycles. The second-order valence-electron chi connectivity index (χ2n) is 12.6. The zero-order valence-corrected chi connectivity index (χ0v) is 25.5. The topological polar surface area (TPSA) is 177 Å². The number of rotatable bonds is 6. The van der Waals surface area contributed by atoms with Crippen molar-refractivity contribution in [2.45, 2.75) is 122 Å². The van der Waals surface area contributed by atoms with Crippen molar-refractivity contribution in [2.75, 3.05) is 0 Å². The highest BCUT2D eigenvalue weighted by atomic mass is 16.7. The standard InChI is InChI=1S/C30H38O13/c1-9-10-19(34)40-17-11-13(2)12-18-30(29(8,43-30)26(36)41-18)25(39-16(5)33)21-27(6,22(17)37-14(3)31)23(38-15(4)32)20(35)24-28(21,7)42-24/h12,17-18,21-22,24-25,35H,9-11H2,1-8H3/b13-12-/t17-,18+,21-,22+,24?,25?,27+,28?,29+,30+/m1/s1. The van der Waals surface area contributed by atoms with Crippen molar-refractivity contribution in [1.29, 1.82) is 0 Å². The summed E-state index contributed by atoms with van der Waals surface area (Å²) in [6, 6.07) is 0. The quantitative estimate of drug-likeness (QED) is 0.202. The van der Waals surface area contributed by atoms with Gasteiger partial charge in [-0.3, -0.25) is 19.2 Å². The Morgan fingerprint density at radius 3 is 2.19 bits per heavy atom. The molecule has 3 saturated heterocycles. The Morgan fingerprint density at radius 2 is 1.63 bits per heavy atom. The monoisotopic (exact) mass is 606 g/mol. The van der Waals surface area contributed by atoms with E-state index in [1.807, 2.05) is 0 Å². The minimum Gasteiger partial charge on any atom is -0.506 e. The minimum atomic E-state index is -1.77. The van der Waals surface area contributed by atoms with E-state index in [4.69, 9.17) is 33.2 Å². The maximum atomic E-state index is 13.2. The van der Waals surface area contributed by atoms with E-state index in [9.17, 15) is 29.1 Å². The van der Waals surface area contributed by atoms with Crippen LogP contribution >= 0.6 is 0 Å². The summed E-state index contributed by atoms with van der Waals surface area (Å²) in [5.74, 6) is -5.35. The molecule has 13 heteroatoms. The van der Waals surface area contributed by atoms with Crippen molar-refractivity contribution in [3.63, 3.8) is 0 Å². The van der Waals surface area contributed by atoms with Crippen molar-refractivity contribution in [3.8, 4) is 0 Å². The number of ether oxygens (including phenoxy) is 7. The second kappa shape index (κ2) is 10.0. The molecule has 10 atom stereocenters. The highest BCUT2D eigenvalue weighted by molar-refractivity contribution is 5.89. The Kier molecular flexibility index (Phi) is 7.24. The smallest absolute Gasteiger partial charge is 0.342 e. The van der Waals surface area contributed by atoms with E-state index in [2.05, 4.69) is 0 Å². The molecule has 0 bridgehead atoms. The average molecular weight is 607 g/mol. The third-order valence-corrected chi connectivity index (χ3v) is 9.37. The number of aliphatic hydroxyl groups excluding tert-OH is 1. The molecule has 13 nitrogen and oxygen atoms in total. The maximum absolute atomic E-state index is 13.2. The van der Waals surface area contributed by atoms with Crippen LogP contribution in [0.3, 0.4) is 0 Å². The van der Waals surface area contributed by atoms with Gasteiger partial charge in [-0.15, -0.1) is 0 Å². The lowest BCUT2D eigenvalue weighted by atomic mass is 9.55. The van der Waals surface area contributed by atoms with Gasteiger partial charge in [-0.25, -0.2) is 4.79 Å². The molecule has 3 aliphatic heterocycles. The molecule has 5 aliphatic rings. The molecule has 236 valence electrons. The lowest BCUT2D eigenvalue weighted by Gasteiger charge is -2.52. The second-order valence-corrected chi connectivity index (χ2v) is 12.6. The molecule has 1 N–H and O–H groups in total. The first-order valence-corrected chi connectivity index (χ1v) is 14.4. The largest absolute Gasteiger partial charge is 0.506 e. The van der Waals surface area contributed by atoms with Gasteiger partial charge < -0.3 is 38.3 Å². The molecule has 2 aliphatic carbocycles. The molecule has 0 amide bonds. The molecule has 3 unspecified atom stereocenters. The third-order valence-electron chi connectivity index (χ3n) is 9.37. The van der Waals surface area contributed by atoms with Crippen LogP contribution < -0.4 is 0 Å². The Balaban J connectivity index is 1.84. The first-order chi connectivity index (χ1) is 20.0. The van der Waals surface area contributed by atoms with Gasteiger partial charge in [0.1, 0.15) is 23.9 Å². The first-order valence-electron chi connectivity index (χ1n) is 14.4. The minimum absolute atomic E-state index is 0.00387. The summed E-state index contributed by atoms with van der Waals surface area (Å²) in [4.78, 5) is 64.1. The van der Waals surface area contributed by atoms with Gasteiger partial charge in [0.15, 0.2) is 34.9 Å². The Hall–Kier alpha value is -3.45. The molecule has 0 aromatic heterocycles. The normalized spacial score (nSPS) is 43.7. The Labute approximate surface area is 248 Å². The van der Waals surface area contributed by atoms with E-state index < -0.39 is 94.3 Å². The zero-order valence-electron chi connectivity index (χ0n) is 25.5. The molecular weight excluding hydrogens is 568 g/mol. The van der Waals surface area contributed by atoms with E-state index in [1.54, 1.807) is 33.8 Å². The van der Waals surface area contributed by atoms with Crippen LogP contribution in [0.5, 0.6) is 0 Å². The first kappa shape index (κ1) is 31.0. The van der Waals surface area contributed by atoms with Crippen LogP contribution in [0.15, 0.2) is 23.2 Å². The van der Waals surface area contributed by atoms with Gasteiger partial charge in [-0.2, -0.15) is 0 Å². The van der Waals surface area contributed by atoms with Crippen LogP contribution in [-0.2, 0) is 57.1 Å². The number of epoxide rings is 2. The van der Waals surface area contributed by atoms with E-state index >= 15 is 0 Å². The fraction of sp³-hybridized carbons (Fsp3) is 0.700. The molecule has 0 aromatic carbocycles. The molecule has 43 heavy (non-hydrogen) atoms. The highest BCUT2D eigenvalue weighted by Crippen LogP contribution is 2.70. The Bertz CT molecular complexity index is 1350. The summed E-state index contributed by atoms with van der Waals surface area (Å²) in [6.07, 6.45) is -3.76. The number of hydrogen-bond acceptors (Lipinski definition) is 13. The van der Waals surface area contributed by atoms with E-state index in [-0.39, 0.29) is 18.6 Å². The molecule has 5 rings (SSSR count). The lowest BCUT2D eigenvalue weighted by molar-refractivity contribution is -0.202. The number of esters is 5. The molecule has 0 radical (unpaired) electrons. The van der Waals surface area contributed by atoms with E-state index in [1.165, 1.54) is 20.8 Å². The summed E-state index contributed by atoms with van der Waals surface area (Å²) < 4.78 is 41.6. The van der Waals surface area contributed by atoms with Crippen LogP contribution in [0.2, 0.25) is 0 Å². The third kappa shape index (κ3) is 4.45. The van der Waals surface area contributed by atoms with Crippen molar-refractivity contribution in [2.24, 2.45) is 11.3 Å². The van der Waals surface area contributed by atoms with Gasteiger partial charge in [0.25, 0.3) is 0 Å². The van der Waals surface area contributed by atoms with Crippen LogP contribution in [0, 0.1) is 11.3 Å². The maximum Gasteiger partial charge on any atom is 0.342 e. The number of fused-ring (bicyclic) bond motifs is 3. The van der Waals surface area contributed by atoms with Gasteiger partial charge in [0, 0.05) is 39.5 Å². The van der Waals surface area contributed by atoms with Crippen molar-refractivity contribution in [3.05, 3.63) is 23.2 Å². The molecular formula is C30H38O13. The predicted molar refractivity (Wildman–Crippen MR) is 143 cm³/mol. The molecule has 1 spiro atoms. The van der Waals surface area contributed by atoms with Gasteiger partial charge in [-0.05, 0) is 40.2 Å². The van der Waals surface area contributed by atoms with E-state index in [0.717, 1.165) is 6.92 Å².